The molecule has 1 unspecified atom stereocenters. The predicted octanol–water partition coefficient (Wildman–Crippen LogP) is 12.9. The Morgan fingerprint density at radius 3 is 1.51 bits per heavy atom. The number of benzene rings is 2. The summed E-state index contributed by atoms with van der Waals surface area (Å²) in [7, 11) is 1.89. The van der Waals surface area contributed by atoms with Gasteiger partial charge in [0.1, 0.15) is 0 Å². The van der Waals surface area contributed by atoms with Crippen molar-refractivity contribution in [1.82, 2.24) is 0 Å². The van der Waals surface area contributed by atoms with E-state index in [4.69, 9.17) is 0 Å². The van der Waals surface area contributed by atoms with E-state index in [0.29, 0.717) is 0 Å². The molecule has 0 saturated heterocycles. The smallest absolute Gasteiger partial charge is 0.0646 e. The first-order valence-corrected chi connectivity index (χ1v) is 15.7. The van der Waals surface area contributed by atoms with Crippen molar-refractivity contribution in [2.45, 2.75) is 120 Å². The van der Waals surface area contributed by atoms with Crippen molar-refractivity contribution in [2.75, 3.05) is 7.05 Å². The molecule has 2 aromatic carbocycles. The van der Waals surface area contributed by atoms with E-state index in [-0.39, 0.29) is 4.75 Å². The summed E-state index contributed by atoms with van der Waals surface area (Å²) >= 11 is 1.95. The van der Waals surface area contributed by atoms with E-state index in [1.54, 1.807) is 0 Å². The second-order valence-corrected chi connectivity index (χ2v) is 11.1. The lowest BCUT2D eigenvalue weighted by atomic mass is 9.82. The third kappa shape index (κ3) is 26.0. The second kappa shape index (κ2) is 30.5. The van der Waals surface area contributed by atoms with Gasteiger partial charge in [-0.3, -0.25) is 4.99 Å². The summed E-state index contributed by atoms with van der Waals surface area (Å²) in [5, 5.41) is 1.19. The van der Waals surface area contributed by atoms with Crippen molar-refractivity contribution < 1.29 is 0 Å². The molecule has 0 radical (unpaired) electrons. The van der Waals surface area contributed by atoms with Crippen molar-refractivity contribution in [1.29, 1.82) is 0 Å². The van der Waals surface area contributed by atoms with Crippen LogP contribution in [0.5, 0.6) is 0 Å². The molecule has 0 N–H and O–H groups in total. The van der Waals surface area contributed by atoms with Gasteiger partial charge in [-0.15, -0.1) is 31.5 Å². The first-order valence-electron chi connectivity index (χ1n) is 14.9. The van der Waals surface area contributed by atoms with Crippen LogP contribution in [-0.2, 0) is 0 Å². The van der Waals surface area contributed by atoms with Gasteiger partial charge in [0.05, 0.1) is 5.04 Å². The number of allylic oxidation sites excluding steroid dienone is 1. The Bertz CT molecular complexity index is 786. The normalized spacial score (nSPS) is 11.9. The van der Waals surface area contributed by atoms with Gasteiger partial charge in [-0.05, 0) is 60.3 Å². The Balaban J connectivity index is -0.000000239. The Hall–Kier alpha value is -2.06. The number of aryl methyl sites for hydroxylation is 3. The molecule has 0 heterocycles. The fourth-order valence-electron chi connectivity index (χ4n) is 3.81. The molecule has 2 rings (SSSR count). The summed E-state index contributed by atoms with van der Waals surface area (Å²) in [4.78, 5) is 4.33. The molecule has 224 valence electrons. The van der Waals surface area contributed by atoms with Crippen LogP contribution in [0.2, 0.25) is 0 Å². The molecule has 0 aliphatic rings. The molecule has 0 spiro atoms. The Morgan fingerprint density at radius 1 is 0.821 bits per heavy atom. The van der Waals surface area contributed by atoms with Gasteiger partial charge in [-0.1, -0.05) is 138 Å². The molecule has 39 heavy (non-hydrogen) atoms. The van der Waals surface area contributed by atoms with Crippen molar-refractivity contribution >= 4 is 16.8 Å². The fraction of sp³-hybridized carbons (Fsp3) is 0.541. The zero-order valence-corrected chi connectivity index (χ0v) is 29.1. The van der Waals surface area contributed by atoms with Gasteiger partial charge in [0.15, 0.2) is 0 Å². The molecule has 0 amide bonds. The van der Waals surface area contributed by atoms with E-state index in [9.17, 15) is 0 Å². The lowest BCUT2D eigenvalue weighted by molar-refractivity contribution is 0.351. The Morgan fingerprint density at radius 2 is 1.23 bits per heavy atom. The Kier molecular flexibility index (Phi) is 34.4. The minimum atomic E-state index is 0.249. The van der Waals surface area contributed by atoms with E-state index in [1.807, 2.05) is 64.7 Å². The molecule has 2 aromatic rings. The number of hydrogen-bond donors (Lipinski definition) is 0. The molecule has 2 atom stereocenters. The van der Waals surface area contributed by atoms with Crippen LogP contribution in [0, 0.1) is 26.7 Å². The highest BCUT2D eigenvalue weighted by Gasteiger charge is 2.34. The highest BCUT2D eigenvalue weighted by atomic mass is 32.2. The van der Waals surface area contributed by atoms with Crippen LogP contribution >= 0.6 is 11.8 Å². The highest BCUT2D eigenvalue weighted by Crippen LogP contribution is 2.42. The molecule has 2 heteroatoms. The molecule has 0 aliphatic carbocycles. The van der Waals surface area contributed by atoms with Crippen LogP contribution in [-0.4, -0.2) is 16.8 Å². The van der Waals surface area contributed by atoms with Gasteiger partial charge in [0, 0.05) is 11.8 Å². The van der Waals surface area contributed by atoms with Crippen LogP contribution in [0.4, 0.5) is 0 Å². The van der Waals surface area contributed by atoms with E-state index in [2.05, 4.69) is 117 Å². The largest absolute Gasteiger partial charge is 0.287 e. The van der Waals surface area contributed by atoms with E-state index in [1.165, 1.54) is 53.0 Å². The van der Waals surface area contributed by atoms with Crippen LogP contribution < -0.4 is 0 Å². The minimum absolute atomic E-state index is 0.249. The average Bonchev–Trinajstić information content (AvgIpc) is 2.94. The number of aliphatic imine (C=N–C) groups is 1. The third-order valence-electron chi connectivity index (χ3n) is 5.77. The van der Waals surface area contributed by atoms with Crippen molar-refractivity contribution in [3.05, 3.63) is 96.6 Å². The molecular weight excluding hydrogens is 490 g/mol. The first kappa shape index (κ1) is 44.0. The van der Waals surface area contributed by atoms with Gasteiger partial charge in [0.25, 0.3) is 0 Å². The average molecular weight is 556 g/mol. The van der Waals surface area contributed by atoms with E-state index >= 15 is 0 Å². The lowest BCUT2D eigenvalue weighted by Crippen LogP contribution is -2.32. The number of rotatable bonds is 8. The lowest BCUT2D eigenvalue weighted by Gasteiger charge is -2.37. The molecule has 0 saturated carbocycles. The number of nitrogens with zero attached hydrogens (tertiary/aromatic N) is 1. The summed E-state index contributed by atoms with van der Waals surface area (Å²) < 4.78 is 0.249. The molecule has 0 aliphatic heterocycles. The van der Waals surface area contributed by atoms with E-state index in [0.717, 1.165) is 12.3 Å². The maximum Gasteiger partial charge on any atom is 0.0646 e. The maximum absolute atomic E-state index is 4.33. The summed E-state index contributed by atoms with van der Waals surface area (Å²) in [6.45, 7) is 35.6. The van der Waals surface area contributed by atoms with Gasteiger partial charge >= 0.3 is 0 Å². The summed E-state index contributed by atoms with van der Waals surface area (Å²) in [5.41, 5.74) is 5.26. The topological polar surface area (TPSA) is 12.4 Å². The standard InChI is InChI=1S/C16H31NS.C8H10.C7H8.2C2H6.C2H4/c1-8-10-11-15(9-2)16(6,12-13(3)4)18-14(5)17-7;1-7-3-5-8(2)6-4-7;1-7-5-3-2-4-6-7;3*1-2/h15H,3,8-12H2,1-2,4-7H3;3-6H,1-2H3;2-6H,1H3;2*1-2H3;1-2H2/t15?,16-;;;;;/m0...../s1. The van der Waals surface area contributed by atoms with Crippen LogP contribution in [0.1, 0.15) is 111 Å². The quantitative estimate of drug-likeness (QED) is 0.179. The van der Waals surface area contributed by atoms with Crippen LogP contribution in [0.25, 0.3) is 0 Å². The second-order valence-electron chi connectivity index (χ2n) is 9.35. The van der Waals surface area contributed by atoms with Crippen molar-refractivity contribution in [3.8, 4) is 0 Å². The van der Waals surface area contributed by atoms with Crippen LogP contribution in [0.15, 0.2) is 84.9 Å². The first-order chi connectivity index (χ1) is 18.6. The third-order valence-corrected chi connectivity index (χ3v) is 7.19. The van der Waals surface area contributed by atoms with Gasteiger partial charge in [-0.2, -0.15) is 0 Å². The fourth-order valence-corrected chi connectivity index (χ4v) is 5.34. The molecule has 0 bridgehead atoms. The van der Waals surface area contributed by atoms with E-state index < -0.39 is 0 Å². The Labute approximate surface area is 250 Å². The number of unbranched alkanes of at least 4 members (excludes halogenated alkanes) is 1. The van der Waals surface area contributed by atoms with Gasteiger partial charge in [0.2, 0.25) is 0 Å². The number of thioether (sulfide) groups is 1. The van der Waals surface area contributed by atoms with Crippen molar-refractivity contribution in [3.63, 3.8) is 0 Å². The van der Waals surface area contributed by atoms with Gasteiger partial charge < -0.3 is 0 Å². The summed E-state index contributed by atoms with van der Waals surface area (Å²) in [5.74, 6) is 0.746. The predicted molar refractivity (Wildman–Crippen MR) is 189 cm³/mol. The molecular formula is C37H65NS. The molecule has 1 nitrogen and oxygen atoms in total. The highest BCUT2D eigenvalue weighted by molar-refractivity contribution is 8.15. The van der Waals surface area contributed by atoms with Gasteiger partial charge in [-0.25, -0.2) is 0 Å². The van der Waals surface area contributed by atoms with Crippen molar-refractivity contribution in [2.24, 2.45) is 10.9 Å². The van der Waals surface area contributed by atoms with Crippen LogP contribution in [0.3, 0.4) is 0 Å². The summed E-state index contributed by atoms with van der Waals surface area (Å²) in [6.07, 6.45) is 6.26. The summed E-state index contributed by atoms with van der Waals surface area (Å²) in [6, 6.07) is 18.7. The SMILES string of the molecule is C=C.C=C(C)C[C@](C)(SC(C)=NC)C(CC)CCCC.CC.CC.Cc1ccc(C)cc1.Cc1ccccc1. The molecule has 0 aromatic heterocycles. The zero-order chi connectivity index (χ0) is 31.3. The monoisotopic (exact) mass is 555 g/mol. The number of hydrogen-bond acceptors (Lipinski definition) is 2. The molecule has 0 fully saturated rings. The maximum atomic E-state index is 4.33. The minimum Gasteiger partial charge on any atom is -0.287 e. The zero-order valence-electron chi connectivity index (χ0n) is 28.3.